The van der Waals surface area contributed by atoms with Gasteiger partial charge in [0.25, 0.3) is 0 Å². The first kappa shape index (κ1) is 33.2. The minimum absolute atomic E-state index is 0.00463. The quantitative estimate of drug-likeness (QED) is 0.713. The van der Waals surface area contributed by atoms with Crippen molar-refractivity contribution in [2.75, 3.05) is 20.4 Å². The van der Waals surface area contributed by atoms with Gasteiger partial charge in [0.15, 0.2) is 0 Å². The van der Waals surface area contributed by atoms with E-state index in [1.165, 1.54) is 13.4 Å². The van der Waals surface area contributed by atoms with Gasteiger partial charge in [-0.2, -0.15) is 0 Å². The summed E-state index contributed by atoms with van der Waals surface area (Å²) in [5.74, 6) is 0.537. The van der Waals surface area contributed by atoms with E-state index in [-0.39, 0.29) is 40.7 Å². The molecule has 0 fully saturated rings. The lowest BCUT2D eigenvalue weighted by Crippen LogP contribution is -2.22. The Balaban J connectivity index is -0.000000131. The number of amides is 1. The predicted molar refractivity (Wildman–Crippen MR) is 111 cm³/mol. The van der Waals surface area contributed by atoms with Gasteiger partial charge in [-0.15, -0.1) is 0 Å². The average molecular weight is 412 g/mol. The SMILES string of the molecule is CC(=O)C(C)C.CC(C)S(C)(=O)=O.CNC(=O)C(C)C.COC(=O)C(C)C. The highest BCUT2D eigenvalue weighted by molar-refractivity contribution is 7.91. The third kappa shape index (κ3) is 29.6. The van der Waals surface area contributed by atoms with Gasteiger partial charge in [-0.05, 0) is 20.8 Å². The predicted octanol–water partition coefficient (Wildman–Crippen LogP) is 2.87. The Morgan fingerprint density at radius 1 is 0.815 bits per heavy atom. The number of sulfone groups is 1. The van der Waals surface area contributed by atoms with Crippen LogP contribution in [-0.2, 0) is 29.0 Å². The molecule has 0 bridgehead atoms. The highest BCUT2D eigenvalue weighted by atomic mass is 32.2. The molecule has 0 aliphatic carbocycles. The summed E-state index contributed by atoms with van der Waals surface area (Å²) in [7, 11) is 0.292. The first-order valence-electron chi connectivity index (χ1n) is 8.94. The van der Waals surface area contributed by atoms with E-state index in [2.05, 4.69) is 10.1 Å². The maximum Gasteiger partial charge on any atom is 0.308 e. The highest BCUT2D eigenvalue weighted by Gasteiger charge is 2.05. The van der Waals surface area contributed by atoms with E-state index in [0.717, 1.165) is 0 Å². The number of ketones is 1. The van der Waals surface area contributed by atoms with Crippen LogP contribution in [0.3, 0.4) is 0 Å². The minimum Gasteiger partial charge on any atom is -0.469 e. The van der Waals surface area contributed by atoms with Gasteiger partial charge in [0, 0.05) is 25.1 Å². The van der Waals surface area contributed by atoms with Gasteiger partial charge < -0.3 is 10.1 Å². The summed E-state index contributed by atoms with van der Waals surface area (Å²) in [4.78, 5) is 30.8. The van der Waals surface area contributed by atoms with Gasteiger partial charge in [0.2, 0.25) is 5.91 Å². The number of methoxy groups -OCH3 is 1. The standard InChI is InChI=1S/C5H11NO.C5H10O2.C5H10O.C4H10O2S/c1-4(2)5(7)6-3;1-4(2)5(6)7-3;1-4(2)5(3)6;1-4(2)7(3,5)6/h4H,1-3H3,(H,6,7);4H,1-3H3;4H,1-3H3;4H,1-3H3. The summed E-state index contributed by atoms with van der Waals surface area (Å²) in [6.07, 6.45) is 1.23. The van der Waals surface area contributed by atoms with Crippen LogP contribution < -0.4 is 5.32 Å². The molecule has 7 nitrogen and oxygen atoms in total. The van der Waals surface area contributed by atoms with Crippen molar-refractivity contribution in [3.8, 4) is 0 Å². The molecular formula is C19H41NO6S. The zero-order chi connectivity index (χ0) is 23.0. The van der Waals surface area contributed by atoms with Crippen molar-refractivity contribution in [3.05, 3.63) is 0 Å². The Hall–Kier alpha value is -1.44. The molecule has 0 radical (unpaired) electrons. The lowest BCUT2D eigenvalue weighted by atomic mass is 10.1. The van der Waals surface area contributed by atoms with E-state index < -0.39 is 9.84 Å². The van der Waals surface area contributed by atoms with Crippen molar-refractivity contribution in [3.63, 3.8) is 0 Å². The molecular weight excluding hydrogens is 370 g/mol. The molecule has 1 N–H and O–H groups in total. The number of carbonyl (C=O) groups is 3. The molecule has 0 aromatic rings. The molecule has 0 unspecified atom stereocenters. The van der Waals surface area contributed by atoms with Crippen LogP contribution in [0, 0.1) is 17.8 Å². The van der Waals surface area contributed by atoms with Crippen LogP contribution in [0.4, 0.5) is 0 Å². The summed E-state index contributed by atoms with van der Waals surface area (Å²) in [5.41, 5.74) is 0. The zero-order valence-corrected chi connectivity index (χ0v) is 20.0. The van der Waals surface area contributed by atoms with Gasteiger partial charge in [-0.25, -0.2) is 8.42 Å². The van der Waals surface area contributed by atoms with E-state index >= 15 is 0 Å². The van der Waals surface area contributed by atoms with Gasteiger partial charge in [0.1, 0.15) is 15.6 Å². The Morgan fingerprint density at radius 2 is 1.11 bits per heavy atom. The third-order valence-corrected chi connectivity index (χ3v) is 4.83. The van der Waals surface area contributed by atoms with Crippen LogP contribution in [-0.4, -0.2) is 51.7 Å². The normalized spacial score (nSPS) is 10.1. The number of esters is 1. The largest absolute Gasteiger partial charge is 0.469 e. The molecule has 0 aromatic carbocycles. The number of rotatable bonds is 4. The monoisotopic (exact) mass is 411 g/mol. The molecule has 164 valence electrons. The summed E-state index contributed by atoms with van der Waals surface area (Å²) in [6.45, 7) is 16.0. The number of Topliss-reactive ketones (excluding diaryl/α,β-unsaturated/α-hetero) is 1. The number of carbonyl (C=O) groups excluding carboxylic acids is 3. The van der Waals surface area contributed by atoms with Crippen LogP contribution in [0.2, 0.25) is 0 Å². The second-order valence-corrected chi connectivity index (χ2v) is 9.69. The van der Waals surface area contributed by atoms with E-state index in [9.17, 15) is 22.8 Å². The summed E-state index contributed by atoms with van der Waals surface area (Å²) < 4.78 is 25.0. The summed E-state index contributed by atoms with van der Waals surface area (Å²) >= 11 is 0. The van der Waals surface area contributed by atoms with Crippen LogP contribution in [0.25, 0.3) is 0 Å². The van der Waals surface area contributed by atoms with Crippen LogP contribution in [0.15, 0.2) is 0 Å². The lowest BCUT2D eigenvalue weighted by molar-refractivity contribution is -0.144. The second kappa shape index (κ2) is 17.9. The van der Waals surface area contributed by atoms with Crippen molar-refractivity contribution < 1.29 is 27.5 Å². The molecule has 0 heterocycles. The van der Waals surface area contributed by atoms with Crippen LogP contribution in [0.1, 0.15) is 62.3 Å². The smallest absolute Gasteiger partial charge is 0.308 e. The van der Waals surface area contributed by atoms with Gasteiger partial charge in [0.05, 0.1) is 18.3 Å². The number of nitrogens with one attached hydrogen (secondary N) is 1. The fourth-order valence-corrected chi connectivity index (χ4v) is 0.524. The molecule has 8 heteroatoms. The van der Waals surface area contributed by atoms with Crippen molar-refractivity contribution >= 4 is 27.5 Å². The first-order chi connectivity index (χ1) is 11.9. The van der Waals surface area contributed by atoms with E-state index in [4.69, 9.17) is 0 Å². The lowest BCUT2D eigenvalue weighted by Gasteiger charge is -1.98. The molecule has 0 atom stereocenters. The number of hydrogen-bond donors (Lipinski definition) is 1. The highest BCUT2D eigenvalue weighted by Crippen LogP contribution is 1.93. The van der Waals surface area contributed by atoms with Crippen molar-refractivity contribution in [1.29, 1.82) is 0 Å². The van der Waals surface area contributed by atoms with E-state index in [1.807, 2.05) is 27.7 Å². The molecule has 1 amide bonds. The molecule has 0 spiro atoms. The Labute approximate surface area is 166 Å². The van der Waals surface area contributed by atoms with Crippen LogP contribution >= 0.6 is 0 Å². The Morgan fingerprint density at radius 3 is 1.11 bits per heavy atom. The third-order valence-electron chi connectivity index (χ3n) is 3.11. The Kier molecular flexibility index (Phi) is 22.0. The first-order valence-corrected chi connectivity index (χ1v) is 10.9. The van der Waals surface area contributed by atoms with E-state index in [1.54, 1.807) is 41.7 Å². The number of hydrogen-bond acceptors (Lipinski definition) is 6. The Bertz CT molecular complexity index is 488. The maximum absolute atomic E-state index is 10.4. The molecule has 0 saturated carbocycles. The fraction of sp³-hybridized carbons (Fsp3) is 0.842. The molecule has 0 saturated heterocycles. The van der Waals surface area contributed by atoms with Gasteiger partial charge in [-0.1, -0.05) is 41.5 Å². The molecule has 0 rings (SSSR count). The molecule has 0 aliphatic heterocycles. The molecule has 27 heavy (non-hydrogen) atoms. The van der Waals surface area contributed by atoms with Gasteiger partial charge >= 0.3 is 5.97 Å². The van der Waals surface area contributed by atoms with E-state index in [0.29, 0.717) is 0 Å². The zero-order valence-electron chi connectivity index (χ0n) is 19.2. The number of ether oxygens (including phenoxy) is 1. The molecule has 0 aromatic heterocycles. The summed E-state index contributed by atoms with van der Waals surface area (Å²) in [6, 6.07) is 0. The topological polar surface area (TPSA) is 107 Å². The average Bonchev–Trinajstić information content (AvgIpc) is 2.53. The summed E-state index contributed by atoms with van der Waals surface area (Å²) in [5, 5.41) is 2.30. The minimum atomic E-state index is -2.74. The van der Waals surface area contributed by atoms with Crippen molar-refractivity contribution in [2.45, 2.75) is 67.6 Å². The van der Waals surface area contributed by atoms with Crippen molar-refractivity contribution in [1.82, 2.24) is 5.32 Å². The second-order valence-electron chi connectivity index (χ2n) is 7.09. The maximum atomic E-state index is 10.4. The van der Waals surface area contributed by atoms with Crippen LogP contribution in [0.5, 0.6) is 0 Å². The molecule has 0 aliphatic rings. The fourth-order valence-electron chi connectivity index (χ4n) is 0.524. The van der Waals surface area contributed by atoms with Gasteiger partial charge in [-0.3, -0.25) is 14.4 Å². The van der Waals surface area contributed by atoms with Crippen molar-refractivity contribution in [2.24, 2.45) is 17.8 Å².